The van der Waals surface area contributed by atoms with Gasteiger partial charge >= 0.3 is 5.97 Å². The van der Waals surface area contributed by atoms with Gasteiger partial charge in [-0.1, -0.05) is 0 Å². The Labute approximate surface area is 140 Å². The summed E-state index contributed by atoms with van der Waals surface area (Å²) in [5.41, 5.74) is 2.87. The molecule has 0 aliphatic heterocycles. The minimum atomic E-state index is -0.999. The molecule has 0 aliphatic rings. The van der Waals surface area contributed by atoms with Crippen molar-refractivity contribution < 1.29 is 24.1 Å². The highest BCUT2D eigenvalue weighted by molar-refractivity contribution is 5.90. The van der Waals surface area contributed by atoms with Crippen LogP contribution in [0.25, 0.3) is 16.7 Å². The summed E-state index contributed by atoms with van der Waals surface area (Å²) < 4.78 is 16.2. The molecule has 0 atom stereocenters. The van der Waals surface area contributed by atoms with Crippen molar-refractivity contribution in [2.75, 3.05) is 21.3 Å². The Bertz CT molecular complexity index is 783. The first-order valence-electron chi connectivity index (χ1n) is 7.17. The summed E-state index contributed by atoms with van der Waals surface area (Å²) in [4.78, 5) is 15.0. The molecular formula is C18H19NO5. The topological polar surface area (TPSA) is 77.9 Å². The number of carbonyl (C=O) groups is 1. The maximum absolute atomic E-state index is 10.8. The Morgan fingerprint density at radius 1 is 1.08 bits per heavy atom. The Morgan fingerprint density at radius 2 is 1.79 bits per heavy atom. The fourth-order valence-corrected chi connectivity index (χ4v) is 2.40. The van der Waals surface area contributed by atoms with E-state index < -0.39 is 5.97 Å². The molecule has 1 heterocycles. The van der Waals surface area contributed by atoms with Crippen LogP contribution in [0.1, 0.15) is 12.5 Å². The van der Waals surface area contributed by atoms with Crippen LogP contribution in [0.4, 0.5) is 0 Å². The first-order chi connectivity index (χ1) is 11.5. The maximum Gasteiger partial charge on any atom is 0.328 e. The summed E-state index contributed by atoms with van der Waals surface area (Å²) in [5, 5.41) is 8.89. The standard InChI is InChI=1S/C18H19NO5/c1-11(7-16(20)21)12-8-13(10-19-9-12)14-5-6-15(22-2)18(24-4)17(14)23-3/h5-10H,1-4H3,(H,20,21)/b11-7+. The van der Waals surface area contributed by atoms with E-state index in [1.54, 1.807) is 46.7 Å². The summed E-state index contributed by atoms with van der Waals surface area (Å²) >= 11 is 0. The molecule has 0 spiro atoms. The lowest BCUT2D eigenvalue weighted by Gasteiger charge is -2.16. The van der Waals surface area contributed by atoms with Gasteiger partial charge in [-0.15, -0.1) is 0 Å². The number of carboxylic acids is 1. The van der Waals surface area contributed by atoms with Gasteiger partial charge in [-0.3, -0.25) is 4.98 Å². The molecule has 0 radical (unpaired) electrons. The van der Waals surface area contributed by atoms with Crippen molar-refractivity contribution in [2.45, 2.75) is 6.92 Å². The zero-order valence-electron chi connectivity index (χ0n) is 14.0. The number of carboxylic acid groups (broad SMARTS) is 1. The Balaban J connectivity index is 2.59. The van der Waals surface area contributed by atoms with Gasteiger partial charge in [0.2, 0.25) is 5.75 Å². The quantitative estimate of drug-likeness (QED) is 0.820. The number of rotatable bonds is 6. The van der Waals surface area contributed by atoms with Crippen LogP contribution in [0.15, 0.2) is 36.7 Å². The molecule has 0 saturated heterocycles. The van der Waals surface area contributed by atoms with Gasteiger partial charge in [0.15, 0.2) is 11.5 Å². The molecule has 1 aromatic carbocycles. The van der Waals surface area contributed by atoms with Crippen LogP contribution in [0, 0.1) is 0 Å². The van der Waals surface area contributed by atoms with Gasteiger partial charge in [-0.25, -0.2) is 4.79 Å². The summed E-state index contributed by atoms with van der Waals surface area (Å²) in [7, 11) is 4.64. The van der Waals surface area contributed by atoms with E-state index in [2.05, 4.69) is 4.98 Å². The largest absolute Gasteiger partial charge is 0.493 e. The molecule has 2 aromatic rings. The maximum atomic E-state index is 10.8. The van der Waals surface area contributed by atoms with Crippen molar-refractivity contribution in [2.24, 2.45) is 0 Å². The first kappa shape index (κ1) is 17.3. The van der Waals surface area contributed by atoms with Crippen LogP contribution < -0.4 is 14.2 Å². The number of ether oxygens (including phenoxy) is 3. The van der Waals surface area contributed by atoms with E-state index in [0.29, 0.717) is 28.4 Å². The van der Waals surface area contributed by atoms with E-state index in [0.717, 1.165) is 17.2 Å². The Kier molecular flexibility index (Phi) is 5.42. The molecule has 6 heteroatoms. The van der Waals surface area contributed by atoms with Gasteiger partial charge in [0.1, 0.15) is 0 Å². The number of pyridine rings is 1. The lowest BCUT2D eigenvalue weighted by atomic mass is 10.0. The number of methoxy groups -OCH3 is 3. The average molecular weight is 329 g/mol. The van der Waals surface area contributed by atoms with Gasteiger partial charge in [-0.2, -0.15) is 0 Å². The highest BCUT2D eigenvalue weighted by Gasteiger charge is 2.17. The van der Waals surface area contributed by atoms with Crippen LogP contribution in [0.2, 0.25) is 0 Å². The summed E-state index contributed by atoms with van der Waals surface area (Å²) in [5.74, 6) is 0.571. The smallest absolute Gasteiger partial charge is 0.328 e. The van der Waals surface area contributed by atoms with Crippen molar-refractivity contribution in [3.8, 4) is 28.4 Å². The van der Waals surface area contributed by atoms with E-state index in [1.165, 1.54) is 0 Å². The molecule has 0 aliphatic carbocycles. The fourth-order valence-electron chi connectivity index (χ4n) is 2.40. The van der Waals surface area contributed by atoms with E-state index in [4.69, 9.17) is 19.3 Å². The Hall–Kier alpha value is -3.02. The number of nitrogens with zero attached hydrogens (tertiary/aromatic N) is 1. The molecule has 0 bridgehead atoms. The highest BCUT2D eigenvalue weighted by atomic mass is 16.5. The number of hydrogen-bond acceptors (Lipinski definition) is 5. The molecule has 6 nitrogen and oxygen atoms in total. The van der Waals surface area contributed by atoms with Gasteiger partial charge < -0.3 is 19.3 Å². The lowest BCUT2D eigenvalue weighted by molar-refractivity contribution is -0.131. The first-order valence-corrected chi connectivity index (χ1v) is 7.17. The zero-order chi connectivity index (χ0) is 17.7. The van der Waals surface area contributed by atoms with Crippen LogP contribution in [0.5, 0.6) is 17.2 Å². The molecule has 0 amide bonds. The van der Waals surface area contributed by atoms with Crippen LogP contribution >= 0.6 is 0 Å². The van der Waals surface area contributed by atoms with Crippen molar-refractivity contribution in [1.29, 1.82) is 0 Å². The monoisotopic (exact) mass is 329 g/mol. The molecule has 0 unspecified atom stereocenters. The van der Waals surface area contributed by atoms with Crippen molar-refractivity contribution in [1.82, 2.24) is 4.98 Å². The zero-order valence-corrected chi connectivity index (χ0v) is 14.0. The number of aliphatic carboxylic acids is 1. The van der Waals surface area contributed by atoms with Crippen LogP contribution in [0.3, 0.4) is 0 Å². The molecule has 1 N–H and O–H groups in total. The van der Waals surface area contributed by atoms with Gasteiger partial charge in [-0.05, 0) is 36.3 Å². The Morgan fingerprint density at radius 3 is 2.38 bits per heavy atom. The second-order valence-electron chi connectivity index (χ2n) is 5.01. The normalized spacial score (nSPS) is 11.1. The average Bonchev–Trinajstić information content (AvgIpc) is 2.59. The van der Waals surface area contributed by atoms with E-state index in [1.807, 2.05) is 12.1 Å². The van der Waals surface area contributed by atoms with E-state index >= 15 is 0 Å². The summed E-state index contributed by atoms with van der Waals surface area (Å²) in [6.07, 6.45) is 4.44. The summed E-state index contributed by atoms with van der Waals surface area (Å²) in [6.45, 7) is 1.72. The third kappa shape index (κ3) is 3.48. The minimum absolute atomic E-state index is 0.487. The number of benzene rings is 1. The van der Waals surface area contributed by atoms with Crippen molar-refractivity contribution in [3.63, 3.8) is 0 Å². The molecule has 2 rings (SSSR count). The SMILES string of the molecule is COc1ccc(-c2cncc(/C(C)=C/C(=O)O)c2)c(OC)c1OC. The van der Waals surface area contributed by atoms with Gasteiger partial charge in [0.05, 0.1) is 21.3 Å². The van der Waals surface area contributed by atoms with E-state index in [9.17, 15) is 4.79 Å². The predicted molar refractivity (Wildman–Crippen MR) is 90.6 cm³/mol. The van der Waals surface area contributed by atoms with E-state index in [-0.39, 0.29) is 0 Å². The molecular weight excluding hydrogens is 310 g/mol. The lowest BCUT2D eigenvalue weighted by Crippen LogP contribution is -1.97. The third-order valence-electron chi connectivity index (χ3n) is 3.55. The second kappa shape index (κ2) is 7.50. The molecule has 0 saturated carbocycles. The molecule has 1 aromatic heterocycles. The van der Waals surface area contributed by atoms with Crippen LogP contribution in [-0.2, 0) is 4.79 Å². The summed E-state index contributed by atoms with van der Waals surface area (Å²) in [6, 6.07) is 5.48. The number of hydrogen-bond donors (Lipinski definition) is 1. The van der Waals surface area contributed by atoms with Crippen molar-refractivity contribution >= 4 is 11.5 Å². The molecule has 0 fully saturated rings. The second-order valence-corrected chi connectivity index (χ2v) is 5.01. The fraction of sp³-hybridized carbons (Fsp3) is 0.222. The molecule has 126 valence electrons. The highest BCUT2D eigenvalue weighted by Crippen LogP contribution is 2.44. The van der Waals surface area contributed by atoms with Crippen molar-refractivity contribution in [3.05, 3.63) is 42.2 Å². The van der Waals surface area contributed by atoms with Gasteiger partial charge in [0.25, 0.3) is 0 Å². The third-order valence-corrected chi connectivity index (χ3v) is 3.55. The predicted octanol–water partition coefficient (Wildman–Crippen LogP) is 3.26. The number of aromatic nitrogens is 1. The van der Waals surface area contributed by atoms with Gasteiger partial charge in [0, 0.05) is 29.6 Å². The number of allylic oxidation sites excluding steroid dienone is 1. The minimum Gasteiger partial charge on any atom is -0.493 e. The van der Waals surface area contributed by atoms with Crippen LogP contribution in [-0.4, -0.2) is 37.4 Å². The molecule has 24 heavy (non-hydrogen) atoms.